The Morgan fingerprint density at radius 2 is 2.38 bits per heavy atom. The van der Waals surface area contributed by atoms with E-state index in [0.717, 1.165) is 38.3 Å². The maximum Gasteiger partial charge on any atom is 0.122 e. The lowest BCUT2D eigenvalue weighted by Gasteiger charge is -2.08. The van der Waals surface area contributed by atoms with Crippen LogP contribution in [-0.4, -0.2) is 41.5 Å². The van der Waals surface area contributed by atoms with Gasteiger partial charge in [0.15, 0.2) is 0 Å². The Labute approximate surface area is 96.4 Å². The predicted molar refractivity (Wildman–Crippen MR) is 62.1 cm³/mol. The van der Waals surface area contributed by atoms with Gasteiger partial charge in [-0.25, -0.2) is 4.98 Å². The Bertz CT molecular complexity index is 276. The minimum absolute atomic E-state index is 0.260. The first-order chi connectivity index (χ1) is 7.88. The number of nitrogens with one attached hydrogen (secondary N) is 1. The predicted octanol–water partition coefficient (Wildman–Crippen LogP) is 0.392. The summed E-state index contributed by atoms with van der Waals surface area (Å²) < 4.78 is 7.07. The molecule has 5 nitrogen and oxygen atoms in total. The molecule has 0 aliphatic heterocycles. The Morgan fingerprint density at radius 1 is 1.50 bits per heavy atom. The van der Waals surface area contributed by atoms with Crippen LogP contribution in [0.5, 0.6) is 0 Å². The van der Waals surface area contributed by atoms with E-state index >= 15 is 0 Å². The van der Waals surface area contributed by atoms with E-state index in [1.54, 1.807) is 7.11 Å². The smallest absolute Gasteiger partial charge is 0.122 e. The van der Waals surface area contributed by atoms with E-state index in [-0.39, 0.29) is 6.61 Å². The minimum Gasteiger partial charge on any atom is -0.396 e. The number of nitrogens with zero attached hydrogens (tertiary/aromatic N) is 2. The van der Waals surface area contributed by atoms with Gasteiger partial charge < -0.3 is 19.7 Å². The molecule has 0 fully saturated rings. The molecule has 1 aromatic rings. The number of hydrogen-bond donors (Lipinski definition) is 2. The van der Waals surface area contributed by atoms with E-state index < -0.39 is 0 Å². The molecule has 0 atom stereocenters. The van der Waals surface area contributed by atoms with E-state index in [1.165, 1.54) is 0 Å². The Balaban J connectivity index is 2.26. The molecule has 1 heterocycles. The number of aryl methyl sites for hydroxylation is 1. The molecular weight excluding hydrogens is 206 g/mol. The SMILES string of the molecule is COCCNCc1nccn1CCCCO. The van der Waals surface area contributed by atoms with Crippen molar-refractivity contribution in [1.29, 1.82) is 0 Å². The van der Waals surface area contributed by atoms with Crippen molar-refractivity contribution in [3.8, 4) is 0 Å². The number of aliphatic hydroxyl groups excluding tert-OH is 1. The van der Waals surface area contributed by atoms with Gasteiger partial charge in [-0.3, -0.25) is 0 Å². The standard InChI is InChI=1S/C11H21N3O2/c1-16-9-5-12-10-11-13-4-7-14(11)6-2-3-8-15/h4,7,12,15H,2-3,5-6,8-10H2,1H3. The van der Waals surface area contributed by atoms with Gasteiger partial charge >= 0.3 is 0 Å². The second kappa shape index (κ2) is 8.27. The van der Waals surface area contributed by atoms with Gasteiger partial charge in [0.25, 0.3) is 0 Å². The Kier molecular flexibility index (Phi) is 6.80. The van der Waals surface area contributed by atoms with Gasteiger partial charge in [-0.2, -0.15) is 0 Å². The molecule has 0 radical (unpaired) electrons. The molecule has 0 bridgehead atoms. The van der Waals surface area contributed by atoms with Crippen LogP contribution in [0.4, 0.5) is 0 Å². The summed E-state index contributed by atoms with van der Waals surface area (Å²) in [5.74, 6) is 1.04. The molecule has 5 heteroatoms. The quantitative estimate of drug-likeness (QED) is 0.599. The second-order valence-corrected chi connectivity index (χ2v) is 3.64. The van der Waals surface area contributed by atoms with Gasteiger partial charge in [0.05, 0.1) is 13.2 Å². The van der Waals surface area contributed by atoms with Crippen LogP contribution in [0.1, 0.15) is 18.7 Å². The summed E-state index contributed by atoms with van der Waals surface area (Å²) >= 11 is 0. The van der Waals surface area contributed by atoms with Crippen LogP contribution < -0.4 is 5.32 Å². The average molecular weight is 227 g/mol. The third kappa shape index (κ3) is 4.74. The van der Waals surface area contributed by atoms with Gasteiger partial charge in [-0.15, -0.1) is 0 Å². The van der Waals surface area contributed by atoms with Crippen LogP contribution in [0, 0.1) is 0 Å². The maximum absolute atomic E-state index is 8.71. The number of rotatable bonds is 9. The number of ether oxygens (including phenoxy) is 1. The lowest BCUT2D eigenvalue weighted by Crippen LogP contribution is -2.21. The van der Waals surface area contributed by atoms with Crippen molar-refractivity contribution in [1.82, 2.24) is 14.9 Å². The molecule has 92 valence electrons. The first kappa shape index (κ1) is 13.2. The highest BCUT2D eigenvalue weighted by atomic mass is 16.5. The van der Waals surface area contributed by atoms with Crippen molar-refractivity contribution >= 4 is 0 Å². The van der Waals surface area contributed by atoms with Crippen molar-refractivity contribution in [2.75, 3.05) is 26.9 Å². The molecule has 0 saturated carbocycles. The van der Waals surface area contributed by atoms with Crippen molar-refractivity contribution in [2.24, 2.45) is 0 Å². The number of methoxy groups -OCH3 is 1. The van der Waals surface area contributed by atoms with Gasteiger partial charge in [-0.1, -0.05) is 0 Å². The van der Waals surface area contributed by atoms with Crippen molar-refractivity contribution in [3.63, 3.8) is 0 Å². The highest BCUT2D eigenvalue weighted by Gasteiger charge is 2.01. The summed E-state index contributed by atoms with van der Waals surface area (Å²) in [4.78, 5) is 4.29. The van der Waals surface area contributed by atoms with E-state index in [0.29, 0.717) is 6.61 Å². The molecular formula is C11H21N3O2. The van der Waals surface area contributed by atoms with Crippen LogP contribution in [0.15, 0.2) is 12.4 Å². The fourth-order valence-corrected chi connectivity index (χ4v) is 1.48. The zero-order valence-corrected chi connectivity index (χ0v) is 9.85. The van der Waals surface area contributed by atoms with Crippen LogP contribution in [-0.2, 0) is 17.8 Å². The van der Waals surface area contributed by atoms with Gasteiger partial charge in [0.2, 0.25) is 0 Å². The van der Waals surface area contributed by atoms with Crippen LogP contribution in [0.2, 0.25) is 0 Å². The molecule has 0 spiro atoms. The molecule has 1 aromatic heterocycles. The van der Waals surface area contributed by atoms with E-state index in [4.69, 9.17) is 9.84 Å². The highest BCUT2D eigenvalue weighted by Crippen LogP contribution is 2.00. The summed E-state index contributed by atoms with van der Waals surface area (Å²) in [5.41, 5.74) is 0. The highest BCUT2D eigenvalue weighted by molar-refractivity contribution is 4.91. The van der Waals surface area contributed by atoms with Crippen LogP contribution >= 0.6 is 0 Å². The number of aliphatic hydroxyl groups is 1. The molecule has 0 aliphatic carbocycles. The largest absolute Gasteiger partial charge is 0.396 e. The van der Waals surface area contributed by atoms with E-state index in [2.05, 4.69) is 14.9 Å². The molecule has 2 N–H and O–H groups in total. The van der Waals surface area contributed by atoms with E-state index in [9.17, 15) is 0 Å². The minimum atomic E-state index is 0.260. The van der Waals surface area contributed by atoms with Gasteiger partial charge in [0.1, 0.15) is 5.82 Å². The van der Waals surface area contributed by atoms with Crippen molar-refractivity contribution < 1.29 is 9.84 Å². The summed E-state index contributed by atoms with van der Waals surface area (Å²) in [7, 11) is 1.69. The van der Waals surface area contributed by atoms with Gasteiger partial charge in [0, 0.05) is 39.2 Å². The summed E-state index contributed by atoms with van der Waals surface area (Å²) in [6.07, 6.45) is 5.61. The zero-order valence-electron chi connectivity index (χ0n) is 9.85. The van der Waals surface area contributed by atoms with Gasteiger partial charge in [-0.05, 0) is 12.8 Å². The Hall–Kier alpha value is -0.910. The summed E-state index contributed by atoms with van der Waals surface area (Å²) in [5, 5.41) is 12.0. The lowest BCUT2D eigenvalue weighted by atomic mass is 10.3. The molecule has 1 rings (SSSR count). The fourth-order valence-electron chi connectivity index (χ4n) is 1.48. The van der Waals surface area contributed by atoms with Crippen LogP contribution in [0.3, 0.4) is 0 Å². The number of unbranched alkanes of at least 4 members (excludes halogenated alkanes) is 1. The normalized spacial score (nSPS) is 10.9. The van der Waals surface area contributed by atoms with E-state index in [1.807, 2.05) is 12.4 Å². The number of imidazole rings is 1. The molecule has 0 aromatic carbocycles. The third-order valence-electron chi connectivity index (χ3n) is 2.37. The van der Waals surface area contributed by atoms with Crippen molar-refractivity contribution in [2.45, 2.75) is 25.9 Å². The first-order valence-corrected chi connectivity index (χ1v) is 5.69. The molecule has 0 saturated heterocycles. The fraction of sp³-hybridized carbons (Fsp3) is 0.727. The van der Waals surface area contributed by atoms with Crippen molar-refractivity contribution in [3.05, 3.63) is 18.2 Å². The average Bonchev–Trinajstić information content (AvgIpc) is 2.73. The number of hydrogen-bond acceptors (Lipinski definition) is 4. The first-order valence-electron chi connectivity index (χ1n) is 5.69. The van der Waals surface area contributed by atoms with Crippen LogP contribution in [0.25, 0.3) is 0 Å². The zero-order chi connectivity index (χ0) is 11.6. The molecule has 0 unspecified atom stereocenters. The number of aromatic nitrogens is 2. The summed E-state index contributed by atoms with van der Waals surface area (Å²) in [6.45, 7) is 3.48. The topological polar surface area (TPSA) is 59.3 Å². The molecule has 0 amide bonds. The Morgan fingerprint density at radius 3 is 3.12 bits per heavy atom. The molecule has 16 heavy (non-hydrogen) atoms. The lowest BCUT2D eigenvalue weighted by molar-refractivity contribution is 0.198. The monoisotopic (exact) mass is 227 g/mol. The second-order valence-electron chi connectivity index (χ2n) is 3.64. The maximum atomic E-state index is 8.71. The third-order valence-corrected chi connectivity index (χ3v) is 2.37. The summed E-state index contributed by atoms with van der Waals surface area (Å²) in [6, 6.07) is 0. The molecule has 0 aliphatic rings.